The Balaban J connectivity index is 1.51. The van der Waals surface area contributed by atoms with Crippen LogP contribution in [0.15, 0.2) is 95.7 Å². The van der Waals surface area contributed by atoms with Crippen molar-refractivity contribution in [2.75, 3.05) is 7.11 Å². The lowest BCUT2D eigenvalue weighted by atomic mass is 9.83. The van der Waals surface area contributed by atoms with Crippen LogP contribution < -0.4 is 9.47 Å². The maximum absolute atomic E-state index is 6.51. The molecule has 0 N–H and O–H groups in total. The Hall–Kier alpha value is -4.23. The van der Waals surface area contributed by atoms with Crippen LogP contribution in [0.25, 0.3) is 27.8 Å². The highest BCUT2D eigenvalue weighted by Crippen LogP contribution is 2.50. The number of aromatic nitrogens is 4. The average Bonchev–Trinajstić information content (AvgIpc) is 3.36. The maximum atomic E-state index is 6.51. The van der Waals surface area contributed by atoms with E-state index in [1.807, 2.05) is 48.5 Å². The largest absolute Gasteiger partial charge is 0.497 e. The molecule has 3 heterocycles. The zero-order chi connectivity index (χ0) is 24.2. The molecule has 1 atom stereocenters. The Morgan fingerprint density at radius 3 is 2.56 bits per heavy atom. The van der Waals surface area contributed by atoms with E-state index in [0.717, 1.165) is 49.0 Å². The van der Waals surface area contributed by atoms with Gasteiger partial charge in [-0.3, -0.25) is 0 Å². The Labute approximate surface area is 215 Å². The molecule has 7 heteroatoms. The van der Waals surface area contributed by atoms with Crippen molar-refractivity contribution in [1.82, 2.24) is 19.6 Å². The summed E-state index contributed by atoms with van der Waals surface area (Å²) in [6, 6.07) is 28.6. The Bertz CT molecular complexity index is 1780. The topological polar surface area (TPSA) is 61.5 Å². The number of benzene rings is 4. The highest BCUT2D eigenvalue weighted by Gasteiger charge is 2.34. The molecule has 0 bridgehead atoms. The molecule has 6 aromatic rings. The predicted molar refractivity (Wildman–Crippen MR) is 142 cm³/mol. The van der Waals surface area contributed by atoms with E-state index < -0.39 is 0 Å². The van der Waals surface area contributed by atoms with Gasteiger partial charge < -0.3 is 9.47 Å². The molecule has 36 heavy (non-hydrogen) atoms. The number of halogens is 1. The van der Waals surface area contributed by atoms with Crippen molar-refractivity contribution >= 4 is 32.3 Å². The molecule has 0 saturated heterocycles. The molecule has 4 aromatic carbocycles. The number of hydrogen-bond acceptors (Lipinski definition) is 5. The van der Waals surface area contributed by atoms with Crippen molar-refractivity contribution in [2.45, 2.75) is 5.92 Å². The molecule has 0 unspecified atom stereocenters. The van der Waals surface area contributed by atoms with Crippen molar-refractivity contribution in [2.24, 2.45) is 0 Å². The monoisotopic (exact) mass is 534 g/mol. The maximum Gasteiger partial charge on any atom is 0.228 e. The van der Waals surface area contributed by atoms with E-state index in [0.29, 0.717) is 17.4 Å². The predicted octanol–water partition coefficient (Wildman–Crippen LogP) is 7.00. The number of fused-ring (bicyclic) bond motifs is 6. The first kappa shape index (κ1) is 21.1. The summed E-state index contributed by atoms with van der Waals surface area (Å²) in [6.07, 6.45) is 1.67. The number of hydrogen-bond donors (Lipinski definition) is 0. The first-order valence-corrected chi connectivity index (χ1v) is 12.3. The summed E-state index contributed by atoms with van der Waals surface area (Å²) in [5.41, 5.74) is 4.67. The molecule has 1 aliphatic heterocycles. The molecule has 7 rings (SSSR count). The minimum atomic E-state index is -0.147. The molecule has 0 fully saturated rings. The van der Waals surface area contributed by atoms with E-state index in [4.69, 9.17) is 24.5 Å². The summed E-state index contributed by atoms with van der Waals surface area (Å²) in [7, 11) is 1.67. The van der Waals surface area contributed by atoms with Crippen molar-refractivity contribution in [3.63, 3.8) is 0 Å². The quantitative estimate of drug-likeness (QED) is 0.244. The lowest BCUT2D eigenvalue weighted by Crippen LogP contribution is -2.15. The molecule has 0 radical (unpaired) electrons. The zero-order valence-corrected chi connectivity index (χ0v) is 20.8. The lowest BCUT2D eigenvalue weighted by molar-refractivity contribution is 0.414. The van der Waals surface area contributed by atoms with Crippen LogP contribution in [0, 0.1) is 0 Å². The fourth-order valence-electron chi connectivity index (χ4n) is 4.95. The third-order valence-electron chi connectivity index (χ3n) is 6.66. The van der Waals surface area contributed by atoms with Crippen LogP contribution in [0.5, 0.6) is 17.4 Å². The van der Waals surface area contributed by atoms with Gasteiger partial charge in [0.2, 0.25) is 5.88 Å². The SMILES string of the molecule is COc1ccc([C@@H]2c3ccc4ccccc4c3Oc3ncn4nc(-c5ccccc5Br)nc4c32)cc1. The zero-order valence-electron chi connectivity index (χ0n) is 19.2. The summed E-state index contributed by atoms with van der Waals surface area (Å²) < 4.78 is 14.6. The molecule has 6 nitrogen and oxygen atoms in total. The van der Waals surface area contributed by atoms with E-state index in [9.17, 15) is 0 Å². The van der Waals surface area contributed by atoms with Gasteiger partial charge in [-0.1, -0.05) is 76.6 Å². The third-order valence-corrected chi connectivity index (χ3v) is 7.35. The lowest BCUT2D eigenvalue weighted by Gasteiger charge is -2.28. The highest BCUT2D eigenvalue weighted by atomic mass is 79.9. The number of rotatable bonds is 3. The molecule has 2 aromatic heterocycles. The third kappa shape index (κ3) is 3.20. The molecule has 1 aliphatic rings. The van der Waals surface area contributed by atoms with Gasteiger partial charge in [-0.2, -0.15) is 0 Å². The Morgan fingerprint density at radius 1 is 0.917 bits per heavy atom. The van der Waals surface area contributed by atoms with Gasteiger partial charge in [0.25, 0.3) is 0 Å². The van der Waals surface area contributed by atoms with Crippen LogP contribution in [0.2, 0.25) is 0 Å². The number of ether oxygens (including phenoxy) is 2. The van der Waals surface area contributed by atoms with Gasteiger partial charge in [0.1, 0.15) is 17.8 Å². The molecule has 0 aliphatic carbocycles. The van der Waals surface area contributed by atoms with Gasteiger partial charge in [-0.15, -0.1) is 5.10 Å². The second kappa shape index (κ2) is 8.17. The minimum absolute atomic E-state index is 0.147. The molecular weight excluding hydrogens is 516 g/mol. The Kier molecular flexibility index (Phi) is 4.79. The normalized spacial score (nSPS) is 14.3. The first-order valence-electron chi connectivity index (χ1n) is 11.5. The van der Waals surface area contributed by atoms with Crippen LogP contribution in [-0.2, 0) is 0 Å². The van der Waals surface area contributed by atoms with E-state index >= 15 is 0 Å². The molecule has 0 saturated carbocycles. The van der Waals surface area contributed by atoms with Gasteiger partial charge in [0, 0.05) is 26.9 Å². The van der Waals surface area contributed by atoms with Crippen molar-refractivity contribution < 1.29 is 9.47 Å². The summed E-state index contributed by atoms with van der Waals surface area (Å²) in [5.74, 6) is 2.64. The van der Waals surface area contributed by atoms with E-state index in [1.54, 1.807) is 18.0 Å². The van der Waals surface area contributed by atoms with E-state index in [-0.39, 0.29) is 5.92 Å². The molecule has 0 spiro atoms. The summed E-state index contributed by atoms with van der Waals surface area (Å²) in [6.45, 7) is 0. The van der Waals surface area contributed by atoms with Crippen molar-refractivity contribution in [3.8, 4) is 28.8 Å². The minimum Gasteiger partial charge on any atom is -0.497 e. The van der Waals surface area contributed by atoms with Crippen LogP contribution in [0.3, 0.4) is 0 Å². The van der Waals surface area contributed by atoms with Crippen LogP contribution >= 0.6 is 15.9 Å². The van der Waals surface area contributed by atoms with Crippen LogP contribution in [0.4, 0.5) is 0 Å². The Morgan fingerprint density at radius 2 is 1.72 bits per heavy atom. The van der Waals surface area contributed by atoms with Gasteiger partial charge >= 0.3 is 0 Å². The van der Waals surface area contributed by atoms with E-state index in [2.05, 4.69) is 52.3 Å². The van der Waals surface area contributed by atoms with Crippen molar-refractivity contribution in [1.29, 1.82) is 0 Å². The highest BCUT2D eigenvalue weighted by molar-refractivity contribution is 9.10. The van der Waals surface area contributed by atoms with Crippen LogP contribution in [0.1, 0.15) is 22.6 Å². The number of methoxy groups -OCH3 is 1. The summed E-state index contributed by atoms with van der Waals surface area (Å²) in [5, 5.41) is 6.92. The number of nitrogens with zero attached hydrogens (tertiary/aromatic N) is 4. The van der Waals surface area contributed by atoms with E-state index in [1.165, 1.54) is 0 Å². The van der Waals surface area contributed by atoms with Gasteiger partial charge in [-0.05, 0) is 35.2 Å². The van der Waals surface area contributed by atoms with Gasteiger partial charge in [-0.25, -0.2) is 14.5 Å². The average molecular weight is 535 g/mol. The molecular formula is C29H19BrN4O2. The summed E-state index contributed by atoms with van der Waals surface area (Å²) in [4.78, 5) is 9.67. The first-order chi connectivity index (χ1) is 17.7. The van der Waals surface area contributed by atoms with Crippen LogP contribution in [-0.4, -0.2) is 26.7 Å². The van der Waals surface area contributed by atoms with Gasteiger partial charge in [0.15, 0.2) is 11.5 Å². The fourth-order valence-corrected chi connectivity index (χ4v) is 5.41. The fraction of sp³-hybridized carbons (Fsp3) is 0.0690. The molecule has 174 valence electrons. The second-order valence-electron chi connectivity index (χ2n) is 8.66. The smallest absolute Gasteiger partial charge is 0.228 e. The van der Waals surface area contributed by atoms with Crippen molar-refractivity contribution in [3.05, 3.63) is 112 Å². The summed E-state index contributed by atoms with van der Waals surface area (Å²) >= 11 is 3.63. The molecule has 0 amide bonds. The second-order valence-corrected chi connectivity index (χ2v) is 9.51. The standard InChI is InChI=1S/C29H19BrN4O2/c1-35-19-13-10-18(11-14-19)24-22-15-12-17-6-2-3-7-20(17)26(22)36-29-25(24)28-32-27(33-34(28)16-31-29)21-8-4-5-9-23(21)30/h2-16,24H,1H3/t24-/m1/s1. The van der Waals surface area contributed by atoms with Gasteiger partial charge in [0.05, 0.1) is 12.7 Å².